The third-order valence-corrected chi connectivity index (χ3v) is 4.11. The molecule has 2 aromatic rings. The Morgan fingerprint density at radius 3 is 2.23 bits per heavy atom. The summed E-state index contributed by atoms with van der Waals surface area (Å²) in [5.74, 6) is 0.492. The monoisotopic (exact) mass is 356 g/mol. The summed E-state index contributed by atoms with van der Waals surface area (Å²) >= 11 is 0. The molecule has 138 valence electrons. The van der Waals surface area contributed by atoms with Gasteiger partial charge in [-0.2, -0.15) is 0 Å². The molecule has 0 saturated carbocycles. The normalized spacial score (nSPS) is 10.2. The number of methoxy groups -OCH3 is 2. The van der Waals surface area contributed by atoms with Crippen molar-refractivity contribution in [2.45, 2.75) is 13.5 Å². The van der Waals surface area contributed by atoms with Gasteiger partial charge in [-0.3, -0.25) is 9.59 Å². The lowest BCUT2D eigenvalue weighted by Gasteiger charge is -2.19. The Bertz CT molecular complexity index is 767. The second kappa shape index (κ2) is 8.89. The maximum atomic E-state index is 12.3. The lowest BCUT2D eigenvalue weighted by molar-refractivity contribution is -0.129. The van der Waals surface area contributed by atoms with Crippen LogP contribution in [0.4, 0.5) is 0 Å². The van der Waals surface area contributed by atoms with E-state index in [2.05, 4.69) is 5.32 Å². The van der Waals surface area contributed by atoms with Gasteiger partial charge in [-0.25, -0.2) is 0 Å². The summed E-state index contributed by atoms with van der Waals surface area (Å²) in [6.45, 7) is 2.42. The number of amides is 2. The van der Waals surface area contributed by atoms with Crippen molar-refractivity contribution in [2.24, 2.45) is 0 Å². The van der Waals surface area contributed by atoms with Gasteiger partial charge in [-0.05, 0) is 30.2 Å². The highest BCUT2D eigenvalue weighted by Gasteiger charge is 2.14. The first-order valence-electron chi connectivity index (χ1n) is 8.24. The van der Waals surface area contributed by atoms with Crippen LogP contribution in [-0.2, 0) is 11.3 Å². The molecule has 0 radical (unpaired) electrons. The van der Waals surface area contributed by atoms with Crippen LogP contribution in [0.25, 0.3) is 0 Å². The van der Waals surface area contributed by atoms with Crippen LogP contribution in [0.1, 0.15) is 21.5 Å². The van der Waals surface area contributed by atoms with Crippen LogP contribution in [0.3, 0.4) is 0 Å². The third-order valence-electron chi connectivity index (χ3n) is 4.11. The molecule has 0 aromatic heterocycles. The predicted molar refractivity (Wildman–Crippen MR) is 99.5 cm³/mol. The highest BCUT2D eigenvalue weighted by atomic mass is 16.5. The van der Waals surface area contributed by atoms with E-state index in [4.69, 9.17) is 9.47 Å². The van der Waals surface area contributed by atoms with Crippen molar-refractivity contribution in [1.29, 1.82) is 0 Å². The topological polar surface area (TPSA) is 67.9 Å². The molecular formula is C20H24N2O4. The van der Waals surface area contributed by atoms with Crippen molar-refractivity contribution in [1.82, 2.24) is 10.2 Å². The first-order valence-corrected chi connectivity index (χ1v) is 8.24. The van der Waals surface area contributed by atoms with Crippen molar-refractivity contribution in [3.63, 3.8) is 0 Å². The molecule has 0 aliphatic heterocycles. The molecule has 2 rings (SSSR count). The molecule has 1 N–H and O–H groups in total. The molecule has 0 aliphatic rings. The van der Waals surface area contributed by atoms with E-state index in [1.807, 2.05) is 31.2 Å². The Morgan fingerprint density at radius 2 is 1.65 bits per heavy atom. The lowest BCUT2D eigenvalue weighted by Crippen LogP contribution is -2.37. The molecule has 0 fully saturated rings. The summed E-state index contributed by atoms with van der Waals surface area (Å²) in [5.41, 5.74) is 2.57. The molecule has 0 atom stereocenters. The average molecular weight is 356 g/mol. The minimum absolute atomic E-state index is 0.0826. The van der Waals surface area contributed by atoms with E-state index in [1.165, 1.54) is 14.2 Å². The molecule has 26 heavy (non-hydrogen) atoms. The summed E-state index contributed by atoms with van der Waals surface area (Å²) in [6.07, 6.45) is 0. The molecule has 0 spiro atoms. The Hall–Kier alpha value is -3.02. The highest BCUT2D eigenvalue weighted by molar-refractivity contribution is 5.97. The molecule has 0 bridgehead atoms. The molecule has 0 saturated heterocycles. The van der Waals surface area contributed by atoms with Gasteiger partial charge in [-0.15, -0.1) is 0 Å². The zero-order chi connectivity index (χ0) is 19.1. The van der Waals surface area contributed by atoms with Crippen molar-refractivity contribution < 1.29 is 19.1 Å². The van der Waals surface area contributed by atoms with E-state index in [-0.39, 0.29) is 18.4 Å². The number of hydrogen-bond acceptors (Lipinski definition) is 4. The van der Waals surface area contributed by atoms with Gasteiger partial charge >= 0.3 is 0 Å². The minimum Gasteiger partial charge on any atom is -0.497 e. The molecular weight excluding hydrogens is 332 g/mol. The number of benzene rings is 2. The van der Waals surface area contributed by atoms with Gasteiger partial charge in [0, 0.05) is 25.2 Å². The van der Waals surface area contributed by atoms with E-state index in [0.29, 0.717) is 23.6 Å². The molecule has 0 unspecified atom stereocenters. The van der Waals surface area contributed by atoms with Crippen molar-refractivity contribution in [3.05, 3.63) is 59.2 Å². The number of nitrogens with one attached hydrogen (secondary N) is 1. The van der Waals surface area contributed by atoms with E-state index in [0.717, 1.165) is 11.1 Å². The number of aryl methyl sites for hydroxylation is 1. The number of rotatable bonds is 7. The fraction of sp³-hybridized carbons (Fsp3) is 0.300. The van der Waals surface area contributed by atoms with Crippen molar-refractivity contribution in [3.8, 4) is 11.5 Å². The number of likely N-dealkylation sites (N-methyl/N-ethyl adjacent to an activating group) is 1. The van der Waals surface area contributed by atoms with Gasteiger partial charge in [0.2, 0.25) is 5.91 Å². The maximum absolute atomic E-state index is 12.3. The number of nitrogens with zero attached hydrogens (tertiary/aromatic N) is 1. The quantitative estimate of drug-likeness (QED) is 0.827. The summed E-state index contributed by atoms with van der Waals surface area (Å²) < 4.78 is 10.3. The summed E-state index contributed by atoms with van der Waals surface area (Å²) in [4.78, 5) is 26.2. The van der Waals surface area contributed by atoms with Crippen LogP contribution in [0.15, 0.2) is 42.5 Å². The first kappa shape index (κ1) is 19.3. The van der Waals surface area contributed by atoms with Gasteiger partial charge in [-0.1, -0.05) is 24.3 Å². The zero-order valence-electron chi connectivity index (χ0n) is 15.5. The van der Waals surface area contributed by atoms with Crippen LogP contribution in [-0.4, -0.2) is 44.5 Å². The van der Waals surface area contributed by atoms with Gasteiger partial charge in [0.05, 0.1) is 20.8 Å². The van der Waals surface area contributed by atoms with Crippen LogP contribution in [0, 0.1) is 6.92 Å². The van der Waals surface area contributed by atoms with E-state index in [9.17, 15) is 9.59 Å². The third kappa shape index (κ3) is 4.99. The number of carbonyl (C=O) groups is 2. The zero-order valence-corrected chi connectivity index (χ0v) is 15.5. The van der Waals surface area contributed by atoms with Gasteiger partial charge < -0.3 is 19.7 Å². The van der Waals surface area contributed by atoms with E-state index < -0.39 is 0 Å². The van der Waals surface area contributed by atoms with Crippen LogP contribution >= 0.6 is 0 Å². The van der Waals surface area contributed by atoms with Crippen LogP contribution in [0.5, 0.6) is 11.5 Å². The highest BCUT2D eigenvalue weighted by Crippen LogP contribution is 2.22. The minimum atomic E-state index is -0.361. The van der Waals surface area contributed by atoms with Crippen molar-refractivity contribution in [2.75, 3.05) is 27.8 Å². The molecule has 0 heterocycles. The Labute approximate surface area is 153 Å². The standard InChI is InChI=1S/C20H24N2O4/c1-14-7-5-6-8-15(14)13-22(2)19(23)12-21-20(24)16-9-17(25-3)11-18(10-16)26-4/h5-11H,12-13H2,1-4H3,(H,21,24). The molecule has 0 aliphatic carbocycles. The van der Waals surface area contributed by atoms with Gasteiger partial charge in [0.1, 0.15) is 11.5 Å². The van der Waals surface area contributed by atoms with Gasteiger partial charge in [0.25, 0.3) is 5.91 Å². The predicted octanol–water partition coefficient (Wildman–Crippen LogP) is 2.40. The fourth-order valence-corrected chi connectivity index (χ4v) is 2.46. The average Bonchev–Trinajstić information content (AvgIpc) is 2.66. The fourth-order valence-electron chi connectivity index (χ4n) is 2.46. The summed E-state index contributed by atoms with van der Waals surface area (Å²) in [5, 5.41) is 2.64. The lowest BCUT2D eigenvalue weighted by atomic mass is 10.1. The Morgan fingerprint density at radius 1 is 1.04 bits per heavy atom. The second-order valence-corrected chi connectivity index (χ2v) is 5.96. The van der Waals surface area contributed by atoms with E-state index >= 15 is 0 Å². The molecule has 6 nitrogen and oxygen atoms in total. The van der Waals surface area contributed by atoms with Gasteiger partial charge in [0.15, 0.2) is 0 Å². The summed E-state index contributed by atoms with van der Waals surface area (Å²) in [6, 6.07) is 12.8. The van der Waals surface area contributed by atoms with Crippen LogP contribution < -0.4 is 14.8 Å². The van der Waals surface area contributed by atoms with Crippen molar-refractivity contribution >= 4 is 11.8 Å². The molecule has 6 heteroatoms. The Kier molecular flexibility index (Phi) is 6.60. The Balaban J connectivity index is 1.96. The number of carbonyl (C=O) groups excluding carboxylic acids is 2. The SMILES string of the molecule is COc1cc(OC)cc(C(=O)NCC(=O)N(C)Cc2ccccc2C)c1. The first-order chi connectivity index (χ1) is 12.4. The molecule has 2 amide bonds. The largest absolute Gasteiger partial charge is 0.497 e. The number of ether oxygens (including phenoxy) is 2. The summed E-state index contributed by atoms with van der Waals surface area (Å²) in [7, 11) is 4.75. The smallest absolute Gasteiger partial charge is 0.251 e. The molecule has 2 aromatic carbocycles. The maximum Gasteiger partial charge on any atom is 0.251 e. The second-order valence-electron chi connectivity index (χ2n) is 5.96. The van der Waals surface area contributed by atoms with E-state index in [1.54, 1.807) is 30.1 Å². The van der Waals surface area contributed by atoms with Crippen LogP contribution in [0.2, 0.25) is 0 Å². The number of hydrogen-bond donors (Lipinski definition) is 1.